The van der Waals surface area contributed by atoms with E-state index in [9.17, 15) is 9.90 Å². The Balaban J connectivity index is 1.84. The second-order valence-corrected chi connectivity index (χ2v) is 9.86. The number of phenolic OH excluding ortho intramolecular Hbond substituents is 1. The van der Waals surface area contributed by atoms with E-state index in [4.69, 9.17) is 28.2 Å². The minimum Gasteiger partial charge on any atom is -0.506 e. The first-order chi connectivity index (χ1) is 15.6. The van der Waals surface area contributed by atoms with Gasteiger partial charge in [0.1, 0.15) is 5.75 Å². The van der Waals surface area contributed by atoms with E-state index in [1.54, 1.807) is 17.0 Å². The summed E-state index contributed by atoms with van der Waals surface area (Å²) in [6, 6.07) is 14.8. The van der Waals surface area contributed by atoms with Crippen molar-refractivity contribution in [1.82, 2.24) is 0 Å². The highest BCUT2D eigenvalue weighted by atomic mass is 35.5. The number of carbonyl (C=O) groups is 1. The molecule has 0 atom stereocenters. The molecule has 1 aliphatic heterocycles. The Kier molecular flexibility index (Phi) is 6.57. The number of anilines is 1. The maximum atomic E-state index is 13.5. The highest BCUT2D eigenvalue weighted by Gasteiger charge is 2.35. The molecule has 0 unspecified atom stereocenters. The molecule has 0 saturated carbocycles. The summed E-state index contributed by atoms with van der Waals surface area (Å²) >= 11 is 13.4. The minimum absolute atomic E-state index is 0.125. The van der Waals surface area contributed by atoms with Crippen molar-refractivity contribution in [2.24, 2.45) is 4.99 Å². The number of thioether (sulfide) groups is 1. The van der Waals surface area contributed by atoms with E-state index in [0.29, 0.717) is 20.7 Å². The van der Waals surface area contributed by atoms with Crippen molar-refractivity contribution in [2.75, 3.05) is 4.90 Å². The third-order valence-corrected chi connectivity index (χ3v) is 7.09. The van der Waals surface area contributed by atoms with Gasteiger partial charge in [0.05, 0.1) is 21.3 Å². The van der Waals surface area contributed by atoms with Crippen molar-refractivity contribution >= 4 is 63.5 Å². The molecule has 0 aliphatic carbocycles. The van der Waals surface area contributed by atoms with Crippen LogP contribution in [-0.4, -0.2) is 16.2 Å². The van der Waals surface area contributed by atoms with Crippen molar-refractivity contribution in [3.05, 3.63) is 91.3 Å². The highest BCUT2D eigenvalue weighted by molar-refractivity contribution is 8.19. The van der Waals surface area contributed by atoms with Crippen LogP contribution in [0.5, 0.6) is 5.75 Å². The number of aryl methyl sites for hydroxylation is 4. The van der Waals surface area contributed by atoms with Gasteiger partial charge in [-0.05, 0) is 104 Å². The molecule has 1 heterocycles. The number of carbonyl (C=O) groups excluding carboxylic acids is 1. The Morgan fingerprint density at radius 1 is 0.909 bits per heavy atom. The fourth-order valence-electron chi connectivity index (χ4n) is 3.38. The van der Waals surface area contributed by atoms with Gasteiger partial charge in [-0.2, -0.15) is 0 Å². The molecule has 7 heteroatoms. The molecule has 1 aliphatic rings. The number of hydrogen-bond acceptors (Lipinski definition) is 4. The molecule has 168 valence electrons. The SMILES string of the molecule is Cc1ccc(N=C2SC(=Cc3cc(Cl)cc(Cl)c3O)C(=O)N2c2ccc(C)c(C)c2)cc1C. The first kappa shape index (κ1) is 23.4. The molecule has 0 spiro atoms. The molecule has 0 aromatic heterocycles. The van der Waals surface area contributed by atoms with Crippen LogP contribution in [0.2, 0.25) is 10.0 Å². The number of amides is 1. The fourth-order valence-corrected chi connectivity index (χ4v) is 4.88. The third kappa shape index (κ3) is 4.81. The van der Waals surface area contributed by atoms with Crippen molar-refractivity contribution in [3.8, 4) is 5.75 Å². The summed E-state index contributed by atoms with van der Waals surface area (Å²) in [5.41, 5.74) is 6.38. The van der Waals surface area contributed by atoms with Crippen LogP contribution in [0.3, 0.4) is 0 Å². The minimum atomic E-state index is -0.235. The number of hydrogen-bond donors (Lipinski definition) is 1. The van der Waals surface area contributed by atoms with Crippen molar-refractivity contribution < 1.29 is 9.90 Å². The first-order valence-corrected chi connectivity index (χ1v) is 11.9. The van der Waals surface area contributed by atoms with Gasteiger partial charge in [-0.15, -0.1) is 0 Å². The van der Waals surface area contributed by atoms with Gasteiger partial charge >= 0.3 is 0 Å². The van der Waals surface area contributed by atoms with E-state index in [0.717, 1.165) is 28.1 Å². The number of halogens is 2. The normalized spacial score (nSPS) is 16.3. The van der Waals surface area contributed by atoms with Gasteiger partial charge < -0.3 is 5.11 Å². The standard InChI is InChI=1S/C26H22Cl2N2O2S/c1-14-5-7-20(9-16(14)3)29-26-30(21-8-6-15(2)17(4)10-21)25(32)23(33-26)12-18-11-19(27)13-22(28)24(18)31/h5-13,31H,1-4H3. The number of aromatic hydroxyl groups is 1. The number of phenols is 1. The Bertz CT molecular complexity index is 1350. The molecule has 4 nitrogen and oxygen atoms in total. The van der Waals surface area contributed by atoms with E-state index in [-0.39, 0.29) is 16.7 Å². The lowest BCUT2D eigenvalue weighted by molar-refractivity contribution is -0.113. The summed E-state index contributed by atoms with van der Waals surface area (Å²) in [5.74, 6) is -0.361. The Morgan fingerprint density at radius 2 is 1.58 bits per heavy atom. The lowest BCUT2D eigenvalue weighted by Gasteiger charge is -2.17. The number of rotatable bonds is 3. The monoisotopic (exact) mass is 496 g/mol. The summed E-state index contributed by atoms with van der Waals surface area (Å²) in [6.45, 7) is 8.12. The lowest BCUT2D eigenvalue weighted by Crippen LogP contribution is -2.28. The largest absolute Gasteiger partial charge is 0.506 e. The summed E-state index contributed by atoms with van der Waals surface area (Å²) in [4.78, 5) is 20.3. The smallest absolute Gasteiger partial charge is 0.271 e. The quantitative estimate of drug-likeness (QED) is 0.377. The van der Waals surface area contributed by atoms with Gasteiger partial charge in [-0.3, -0.25) is 9.69 Å². The lowest BCUT2D eigenvalue weighted by atomic mass is 10.1. The zero-order valence-corrected chi connectivity index (χ0v) is 20.9. The zero-order chi connectivity index (χ0) is 23.9. The van der Waals surface area contributed by atoms with E-state index in [1.807, 2.05) is 64.1 Å². The van der Waals surface area contributed by atoms with Gasteiger partial charge in [-0.25, -0.2) is 4.99 Å². The van der Waals surface area contributed by atoms with Crippen LogP contribution in [0.15, 0.2) is 58.4 Å². The summed E-state index contributed by atoms with van der Waals surface area (Å²) in [7, 11) is 0. The highest BCUT2D eigenvalue weighted by Crippen LogP contribution is 2.40. The third-order valence-electron chi connectivity index (χ3n) is 5.61. The van der Waals surface area contributed by atoms with Gasteiger partial charge in [0.15, 0.2) is 5.17 Å². The van der Waals surface area contributed by atoms with Crippen LogP contribution in [0.25, 0.3) is 6.08 Å². The number of nitrogens with zero attached hydrogens (tertiary/aromatic N) is 2. The number of amidine groups is 1. The molecule has 1 fully saturated rings. The molecule has 4 rings (SSSR count). The predicted molar refractivity (Wildman–Crippen MR) is 140 cm³/mol. The maximum Gasteiger partial charge on any atom is 0.271 e. The van der Waals surface area contributed by atoms with Crippen LogP contribution in [0.4, 0.5) is 11.4 Å². The van der Waals surface area contributed by atoms with Crippen LogP contribution >= 0.6 is 35.0 Å². The molecular formula is C26H22Cl2N2O2S. The molecule has 33 heavy (non-hydrogen) atoms. The molecule has 1 saturated heterocycles. The first-order valence-electron chi connectivity index (χ1n) is 10.3. The van der Waals surface area contributed by atoms with E-state index < -0.39 is 0 Å². The van der Waals surface area contributed by atoms with E-state index in [2.05, 4.69) is 0 Å². The van der Waals surface area contributed by atoms with Gasteiger partial charge in [0.2, 0.25) is 0 Å². The molecule has 0 bridgehead atoms. The average molecular weight is 497 g/mol. The van der Waals surface area contributed by atoms with E-state index >= 15 is 0 Å². The van der Waals surface area contributed by atoms with Gasteiger partial charge in [0, 0.05) is 10.6 Å². The number of aliphatic imine (C=N–C) groups is 1. The maximum absolute atomic E-state index is 13.5. The Hall–Kier alpha value is -2.73. The molecule has 0 radical (unpaired) electrons. The summed E-state index contributed by atoms with van der Waals surface area (Å²) in [6.07, 6.45) is 1.59. The molecule has 1 N–H and O–H groups in total. The van der Waals surface area contributed by atoms with Crippen LogP contribution in [-0.2, 0) is 4.79 Å². The van der Waals surface area contributed by atoms with E-state index in [1.165, 1.54) is 23.4 Å². The van der Waals surface area contributed by atoms with Crippen LogP contribution < -0.4 is 4.90 Å². The second-order valence-electron chi connectivity index (χ2n) is 8.01. The second kappa shape index (κ2) is 9.26. The molecular weight excluding hydrogens is 475 g/mol. The Labute approximate surface area is 207 Å². The average Bonchev–Trinajstić information content (AvgIpc) is 3.05. The van der Waals surface area contributed by atoms with Gasteiger partial charge in [-0.1, -0.05) is 35.3 Å². The van der Waals surface area contributed by atoms with Crippen LogP contribution in [0, 0.1) is 27.7 Å². The van der Waals surface area contributed by atoms with Crippen molar-refractivity contribution in [2.45, 2.75) is 27.7 Å². The van der Waals surface area contributed by atoms with Crippen molar-refractivity contribution in [1.29, 1.82) is 0 Å². The van der Waals surface area contributed by atoms with Crippen molar-refractivity contribution in [3.63, 3.8) is 0 Å². The number of benzene rings is 3. The fraction of sp³-hybridized carbons (Fsp3) is 0.154. The topological polar surface area (TPSA) is 52.9 Å². The van der Waals surface area contributed by atoms with Gasteiger partial charge in [0.25, 0.3) is 5.91 Å². The molecule has 3 aromatic rings. The Morgan fingerprint density at radius 3 is 2.24 bits per heavy atom. The molecule has 3 aromatic carbocycles. The zero-order valence-electron chi connectivity index (χ0n) is 18.6. The van der Waals surface area contributed by atoms with Crippen LogP contribution in [0.1, 0.15) is 27.8 Å². The summed E-state index contributed by atoms with van der Waals surface area (Å²) < 4.78 is 0. The predicted octanol–water partition coefficient (Wildman–Crippen LogP) is 7.74. The molecule has 1 amide bonds. The summed E-state index contributed by atoms with van der Waals surface area (Å²) in [5, 5.41) is 11.4.